The molecule has 0 radical (unpaired) electrons. The van der Waals surface area contributed by atoms with E-state index in [1.54, 1.807) is 68.5 Å². The van der Waals surface area contributed by atoms with Gasteiger partial charge in [0.25, 0.3) is 11.2 Å². The maximum Gasteiger partial charge on any atom is 0.432 e. The summed E-state index contributed by atoms with van der Waals surface area (Å²) in [6.45, 7) is 7.43. The summed E-state index contributed by atoms with van der Waals surface area (Å²) < 4.78 is 122. The molecule has 0 aromatic heterocycles. The fourth-order valence-corrected chi connectivity index (χ4v) is 6.99. The second-order valence-electron chi connectivity index (χ2n) is 13.5. The molecule has 2 aromatic rings. The molecule has 2 aliphatic rings. The van der Waals surface area contributed by atoms with Crippen molar-refractivity contribution >= 4 is 11.9 Å². The van der Waals surface area contributed by atoms with E-state index in [1.807, 2.05) is 0 Å². The Morgan fingerprint density at radius 1 is 0.707 bits per heavy atom. The van der Waals surface area contributed by atoms with E-state index >= 15 is 0 Å². The lowest BCUT2D eigenvalue weighted by molar-refractivity contribution is -0.279. The van der Waals surface area contributed by atoms with Crippen LogP contribution in [0, 0.1) is 11.8 Å². The Hall–Kier alpha value is -4.76. The predicted octanol–water partition coefficient (Wildman–Crippen LogP) is 9.21. The molecule has 314 valence electrons. The number of esters is 2. The fourth-order valence-electron chi connectivity index (χ4n) is 6.99. The van der Waals surface area contributed by atoms with Gasteiger partial charge in [-0.2, -0.15) is 26.3 Å². The molecular weight excluding hydrogens is 770 g/mol. The Morgan fingerprint density at radius 2 is 1.16 bits per heavy atom. The molecule has 8 atom stereocenters. The van der Waals surface area contributed by atoms with Crippen LogP contribution < -0.4 is 0 Å². The highest BCUT2D eigenvalue weighted by Gasteiger charge is 2.66. The van der Waals surface area contributed by atoms with Crippen molar-refractivity contribution in [2.24, 2.45) is 11.8 Å². The number of hydrogen-bond donors (Lipinski definition) is 0. The summed E-state index contributed by atoms with van der Waals surface area (Å²) in [5, 5.41) is 0. The Morgan fingerprint density at radius 3 is 1.59 bits per heavy atom. The summed E-state index contributed by atoms with van der Waals surface area (Å²) in [5.74, 6) is -4.65. The summed E-state index contributed by atoms with van der Waals surface area (Å²) in [4.78, 5) is 27.4. The number of benzene rings is 2. The van der Waals surface area contributed by atoms with Crippen molar-refractivity contribution in [2.75, 3.05) is 27.4 Å². The highest BCUT2D eigenvalue weighted by atomic mass is 19.4. The Labute approximate surface area is 334 Å². The maximum atomic E-state index is 14.8. The number of carbonyl (C=O) groups excluding carboxylic acids is 2. The van der Waals surface area contributed by atoms with E-state index in [0.717, 1.165) is 38.5 Å². The van der Waals surface area contributed by atoms with Gasteiger partial charge in [-0.3, -0.25) is 0 Å². The minimum absolute atomic E-state index is 0.0131. The first-order chi connectivity index (χ1) is 27.6. The summed E-state index contributed by atoms with van der Waals surface area (Å²) in [5.41, 5.74) is -7.31. The smallest absolute Gasteiger partial charge is 0.432 e. The zero-order valence-electron chi connectivity index (χ0n) is 32.6. The first-order valence-electron chi connectivity index (χ1n) is 18.6. The lowest BCUT2D eigenvalue weighted by Gasteiger charge is -2.34. The van der Waals surface area contributed by atoms with Crippen molar-refractivity contribution in [2.45, 2.75) is 74.7 Å². The molecule has 14 heteroatoms. The van der Waals surface area contributed by atoms with E-state index in [0.29, 0.717) is 5.57 Å². The molecule has 2 saturated heterocycles. The summed E-state index contributed by atoms with van der Waals surface area (Å²) in [7, 11) is 1.56. The van der Waals surface area contributed by atoms with Gasteiger partial charge in [-0.25, -0.2) is 9.59 Å². The van der Waals surface area contributed by atoms with Crippen LogP contribution in [0.4, 0.5) is 26.3 Å². The third-order valence-corrected chi connectivity index (χ3v) is 10.0. The van der Waals surface area contributed by atoms with Gasteiger partial charge in [0.1, 0.15) is 18.3 Å². The number of allylic oxidation sites excluding steroid dienone is 8. The second kappa shape index (κ2) is 20.3. The van der Waals surface area contributed by atoms with Gasteiger partial charge in [0.2, 0.25) is 0 Å². The molecule has 58 heavy (non-hydrogen) atoms. The first-order valence-corrected chi connectivity index (χ1v) is 18.6. The summed E-state index contributed by atoms with van der Waals surface area (Å²) in [6, 6.07) is 12.9. The molecular formula is C44H48F6O8. The van der Waals surface area contributed by atoms with Gasteiger partial charge in [-0.05, 0) is 38.3 Å². The van der Waals surface area contributed by atoms with Gasteiger partial charge in [0.15, 0.2) is 0 Å². The molecule has 8 nitrogen and oxygen atoms in total. The van der Waals surface area contributed by atoms with Gasteiger partial charge >= 0.3 is 24.3 Å². The Bertz CT molecular complexity index is 1820. The fraction of sp³-hybridized carbons (Fsp3) is 0.409. The van der Waals surface area contributed by atoms with Crippen molar-refractivity contribution < 1.29 is 64.4 Å². The number of ether oxygens (including phenoxy) is 6. The van der Waals surface area contributed by atoms with Crippen LogP contribution in [0.1, 0.15) is 37.8 Å². The van der Waals surface area contributed by atoms with Crippen LogP contribution >= 0.6 is 0 Å². The average Bonchev–Trinajstić information content (AvgIpc) is 3.76. The number of rotatable bonds is 17. The topological polar surface area (TPSA) is 89.5 Å². The van der Waals surface area contributed by atoms with Crippen molar-refractivity contribution in [3.63, 3.8) is 0 Å². The molecule has 0 N–H and O–H groups in total. The number of carbonyl (C=O) groups is 2. The molecule has 2 aliphatic heterocycles. The van der Waals surface area contributed by atoms with E-state index < -0.39 is 82.9 Å². The van der Waals surface area contributed by atoms with Gasteiger partial charge in [0.05, 0.1) is 19.3 Å². The lowest BCUT2D eigenvalue weighted by Crippen LogP contribution is -2.53. The molecule has 2 fully saturated rings. The Kier molecular flexibility index (Phi) is 16.1. The van der Waals surface area contributed by atoms with Gasteiger partial charge in [-0.1, -0.05) is 122 Å². The van der Waals surface area contributed by atoms with Crippen LogP contribution in [-0.2, 0) is 49.2 Å². The summed E-state index contributed by atoms with van der Waals surface area (Å²) >= 11 is 0. The van der Waals surface area contributed by atoms with Gasteiger partial charge in [0, 0.05) is 37.2 Å². The van der Waals surface area contributed by atoms with E-state index in [2.05, 4.69) is 6.58 Å². The minimum Gasteiger partial charge on any atom is -0.456 e. The third-order valence-electron chi connectivity index (χ3n) is 10.0. The van der Waals surface area contributed by atoms with E-state index in [-0.39, 0.29) is 26.1 Å². The zero-order chi connectivity index (χ0) is 42.6. The van der Waals surface area contributed by atoms with Crippen LogP contribution in [0.25, 0.3) is 0 Å². The number of hydrogen-bond acceptors (Lipinski definition) is 8. The lowest BCUT2D eigenvalue weighted by atomic mass is 9.91. The molecule has 0 saturated carbocycles. The van der Waals surface area contributed by atoms with Gasteiger partial charge in [-0.15, -0.1) is 0 Å². The third kappa shape index (κ3) is 9.91. The zero-order valence-corrected chi connectivity index (χ0v) is 32.6. The van der Waals surface area contributed by atoms with Crippen LogP contribution in [0.3, 0.4) is 0 Å². The van der Waals surface area contributed by atoms with Crippen molar-refractivity contribution in [3.05, 3.63) is 145 Å². The quantitative estimate of drug-likeness (QED) is 0.0888. The monoisotopic (exact) mass is 818 g/mol. The molecule has 0 amide bonds. The van der Waals surface area contributed by atoms with Crippen LogP contribution in [-0.4, -0.2) is 76.1 Å². The van der Waals surface area contributed by atoms with Gasteiger partial charge < -0.3 is 28.4 Å². The number of halogens is 6. The second-order valence-corrected chi connectivity index (χ2v) is 13.5. The van der Waals surface area contributed by atoms with E-state index in [1.165, 1.54) is 42.5 Å². The molecule has 2 aromatic carbocycles. The van der Waals surface area contributed by atoms with Crippen LogP contribution in [0.5, 0.6) is 0 Å². The molecule has 0 spiro atoms. The standard InChI is InChI=1S/C44H48F6O8/c1-6-9-13-19-31-28-55-35(37(31)57-39(51)41(53-4,43(45,46)47)33-21-15-11-16-22-33)26-25-30(8-3)27-36-38(32(29-56-36)20-14-10-7-2)58-40(52)42(54-5,44(48,49)50)34-23-17-12-18-24-34/h6-24,27,31-32,35-38H,3,25-26,28-29H2,1-2,4-5H3/b9-6+,10-7+,19-13+,20-14+,30-27-/t31-,32-,35-,36-,37+,38+,41-,42-/m1/s1. The normalized spacial score (nSPS) is 25.4. The SMILES string of the molecule is C=C/C(=C/[C@H]1OC[C@@H](/C=C/C=C/C)[C@@H]1OC(=O)[C@](OC)(c1ccccc1)C(F)(F)F)CC[C@H]1OC[C@@H](/C=C/C=C/C)[C@@H]1OC(=O)[C@](OC)(c1ccccc1)C(F)(F)F. The average molecular weight is 819 g/mol. The molecule has 0 aliphatic carbocycles. The van der Waals surface area contributed by atoms with Crippen LogP contribution in [0.15, 0.2) is 134 Å². The molecule has 4 rings (SSSR count). The highest BCUT2D eigenvalue weighted by molar-refractivity contribution is 5.83. The maximum absolute atomic E-state index is 14.8. The molecule has 0 bridgehead atoms. The highest BCUT2D eigenvalue weighted by Crippen LogP contribution is 2.46. The number of methoxy groups -OCH3 is 2. The molecule has 2 heterocycles. The minimum atomic E-state index is -5.21. The first kappa shape index (κ1) is 45.9. The van der Waals surface area contributed by atoms with Crippen molar-refractivity contribution in [1.82, 2.24) is 0 Å². The largest absolute Gasteiger partial charge is 0.456 e. The Balaban J connectivity index is 1.64. The van der Waals surface area contributed by atoms with Crippen LogP contribution in [0.2, 0.25) is 0 Å². The van der Waals surface area contributed by atoms with Crippen molar-refractivity contribution in [1.29, 1.82) is 0 Å². The summed E-state index contributed by atoms with van der Waals surface area (Å²) in [6.07, 6.45) is 2.07. The predicted molar refractivity (Wildman–Crippen MR) is 204 cm³/mol. The molecule has 0 unspecified atom stereocenters. The van der Waals surface area contributed by atoms with E-state index in [4.69, 9.17) is 28.4 Å². The number of alkyl halides is 6. The van der Waals surface area contributed by atoms with Crippen molar-refractivity contribution in [3.8, 4) is 0 Å². The van der Waals surface area contributed by atoms with E-state index in [9.17, 15) is 35.9 Å².